The predicted molar refractivity (Wildman–Crippen MR) is 43.1 cm³/mol. The van der Waals surface area contributed by atoms with E-state index in [4.69, 9.17) is 0 Å². The van der Waals surface area contributed by atoms with Crippen LogP contribution in [0, 0.1) is 0 Å². The Morgan fingerprint density at radius 2 is 2.31 bits per heavy atom. The van der Waals surface area contributed by atoms with Gasteiger partial charge in [0.2, 0.25) is 0 Å². The van der Waals surface area contributed by atoms with Gasteiger partial charge in [-0.2, -0.15) is 0 Å². The molecule has 0 spiro atoms. The van der Waals surface area contributed by atoms with Gasteiger partial charge in [-0.25, -0.2) is 9.42 Å². The Morgan fingerprint density at radius 3 is 3.08 bits per heavy atom. The van der Waals surface area contributed by atoms with Gasteiger partial charge in [0.1, 0.15) is 11.0 Å². The van der Waals surface area contributed by atoms with Crippen molar-refractivity contribution in [2.75, 3.05) is 7.11 Å². The lowest BCUT2D eigenvalue weighted by atomic mass is 10.2. The van der Waals surface area contributed by atoms with E-state index in [9.17, 15) is 4.79 Å². The number of nitrogens with zero attached hydrogens (tertiary/aromatic N) is 2. The monoisotopic (exact) mass is 178 g/mol. The Balaban J connectivity index is 2.67. The van der Waals surface area contributed by atoms with Crippen LogP contribution in [0.3, 0.4) is 0 Å². The number of ether oxygens (including phenoxy) is 1. The molecule has 5 heteroatoms. The molecule has 66 valence electrons. The van der Waals surface area contributed by atoms with E-state index in [0.717, 1.165) is 0 Å². The van der Waals surface area contributed by atoms with E-state index in [1.165, 1.54) is 7.11 Å². The van der Waals surface area contributed by atoms with Crippen LogP contribution in [0.2, 0.25) is 0 Å². The molecule has 0 aliphatic heterocycles. The summed E-state index contributed by atoms with van der Waals surface area (Å²) in [6.45, 7) is 0. The van der Waals surface area contributed by atoms with E-state index in [1.54, 1.807) is 18.2 Å². The minimum Gasteiger partial charge on any atom is -0.465 e. The molecule has 5 nitrogen and oxygen atoms in total. The van der Waals surface area contributed by atoms with Crippen LogP contribution in [0.5, 0.6) is 0 Å². The topological polar surface area (TPSA) is 65.2 Å². The molecule has 1 aromatic carbocycles. The second-order valence-electron chi connectivity index (χ2n) is 2.43. The summed E-state index contributed by atoms with van der Waals surface area (Å²) in [6.07, 6.45) is 0. The molecule has 13 heavy (non-hydrogen) atoms. The predicted octanol–water partition coefficient (Wildman–Crippen LogP) is 1.01. The number of benzene rings is 1. The zero-order valence-electron chi connectivity index (χ0n) is 6.85. The molecule has 0 fully saturated rings. The summed E-state index contributed by atoms with van der Waals surface area (Å²) in [7, 11) is 1.31. The minimum absolute atomic E-state index is 0.362. The van der Waals surface area contributed by atoms with E-state index >= 15 is 0 Å². The van der Waals surface area contributed by atoms with Gasteiger partial charge in [-0.1, -0.05) is 6.07 Å². The molecule has 0 aliphatic rings. The number of hydrogen-bond donors (Lipinski definition) is 0. The Hall–Kier alpha value is -1.91. The number of fused-ring (bicyclic) bond motifs is 1. The maximum Gasteiger partial charge on any atom is 0.340 e. The van der Waals surface area contributed by atoms with Crippen molar-refractivity contribution in [2.24, 2.45) is 0 Å². The summed E-state index contributed by atoms with van der Waals surface area (Å²) < 4.78 is 9.06. The zero-order valence-corrected chi connectivity index (χ0v) is 6.85. The Bertz CT molecular complexity index is 449. The number of carbonyl (C=O) groups is 1. The lowest BCUT2D eigenvalue weighted by molar-refractivity contribution is 0.0602. The van der Waals surface area contributed by atoms with E-state index < -0.39 is 5.97 Å². The molecular weight excluding hydrogens is 172 g/mol. The summed E-state index contributed by atoms with van der Waals surface area (Å²) in [4.78, 5) is 11.2. The van der Waals surface area contributed by atoms with E-state index in [2.05, 4.69) is 19.7 Å². The largest absolute Gasteiger partial charge is 0.465 e. The zero-order chi connectivity index (χ0) is 9.26. The van der Waals surface area contributed by atoms with Crippen LogP contribution >= 0.6 is 0 Å². The molecule has 1 aromatic heterocycles. The van der Waals surface area contributed by atoms with Crippen molar-refractivity contribution in [3.63, 3.8) is 0 Å². The third-order valence-electron chi connectivity index (χ3n) is 1.69. The van der Waals surface area contributed by atoms with Crippen molar-refractivity contribution >= 4 is 17.0 Å². The van der Waals surface area contributed by atoms with Gasteiger partial charge in [0.25, 0.3) is 0 Å². The fraction of sp³-hybridized carbons (Fsp3) is 0.125. The molecule has 0 N–H and O–H groups in total. The first-order chi connectivity index (χ1) is 6.33. The van der Waals surface area contributed by atoms with Crippen LogP contribution < -0.4 is 0 Å². The molecule has 0 aliphatic carbocycles. The molecule has 0 amide bonds. The Morgan fingerprint density at radius 1 is 1.46 bits per heavy atom. The second-order valence-corrected chi connectivity index (χ2v) is 2.43. The third-order valence-corrected chi connectivity index (χ3v) is 1.69. The highest BCUT2D eigenvalue weighted by Crippen LogP contribution is 2.14. The van der Waals surface area contributed by atoms with Gasteiger partial charge in [0.15, 0.2) is 0 Å². The first-order valence-electron chi connectivity index (χ1n) is 3.62. The maximum atomic E-state index is 11.2. The van der Waals surface area contributed by atoms with Gasteiger partial charge < -0.3 is 4.74 Å². The summed E-state index contributed by atoms with van der Waals surface area (Å²) in [6, 6.07) is 5.01. The smallest absolute Gasteiger partial charge is 0.340 e. The van der Waals surface area contributed by atoms with Crippen molar-refractivity contribution in [3.8, 4) is 0 Å². The van der Waals surface area contributed by atoms with Crippen molar-refractivity contribution in [1.29, 1.82) is 0 Å². The lowest BCUT2D eigenvalue weighted by Gasteiger charge is -1.96. The minimum atomic E-state index is -0.443. The third kappa shape index (κ3) is 1.14. The van der Waals surface area contributed by atoms with Crippen molar-refractivity contribution in [2.45, 2.75) is 0 Å². The molecule has 2 aromatic rings. The fourth-order valence-corrected chi connectivity index (χ4v) is 1.08. The number of esters is 1. The molecule has 2 rings (SSSR count). The van der Waals surface area contributed by atoms with E-state index in [0.29, 0.717) is 16.6 Å². The van der Waals surface area contributed by atoms with Gasteiger partial charge in [-0.05, 0) is 22.4 Å². The van der Waals surface area contributed by atoms with Gasteiger partial charge in [0.05, 0.1) is 12.7 Å². The maximum absolute atomic E-state index is 11.2. The lowest BCUT2D eigenvalue weighted by Crippen LogP contribution is -2.01. The Kier molecular flexibility index (Phi) is 1.70. The first-order valence-corrected chi connectivity index (χ1v) is 3.62. The van der Waals surface area contributed by atoms with Crippen molar-refractivity contribution < 1.29 is 14.2 Å². The van der Waals surface area contributed by atoms with E-state index in [-0.39, 0.29) is 0 Å². The normalized spacial score (nSPS) is 10.2. The molecule has 0 bridgehead atoms. The summed E-state index contributed by atoms with van der Waals surface area (Å²) in [5.74, 6) is -0.443. The molecule has 1 heterocycles. The standard InChI is InChI=1S/C8H6N2O3/c1-12-8(11)5-3-2-4-6-7(5)10-13-9-6/h2-4H,1H3. The van der Waals surface area contributed by atoms with Gasteiger partial charge in [-0.15, -0.1) is 0 Å². The number of hydrogen-bond acceptors (Lipinski definition) is 5. The number of carbonyl (C=O) groups excluding carboxylic acids is 1. The summed E-state index contributed by atoms with van der Waals surface area (Å²) >= 11 is 0. The van der Waals surface area contributed by atoms with Gasteiger partial charge >= 0.3 is 5.97 Å². The van der Waals surface area contributed by atoms with Crippen LogP contribution in [-0.2, 0) is 4.74 Å². The number of aromatic nitrogens is 2. The molecule has 0 saturated carbocycles. The number of rotatable bonds is 1. The SMILES string of the molecule is COC(=O)c1cccc2nonc12. The average molecular weight is 178 g/mol. The van der Waals surface area contributed by atoms with Gasteiger partial charge in [-0.3, -0.25) is 0 Å². The van der Waals surface area contributed by atoms with Crippen LogP contribution in [0.1, 0.15) is 10.4 Å². The first kappa shape index (κ1) is 7.72. The van der Waals surface area contributed by atoms with Crippen LogP contribution in [0.15, 0.2) is 22.8 Å². The van der Waals surface area contributed by atoms with Crippen LogP contribution in [-0.4, -0.2) is 23.4 Å². The highest BCUT2D eigenvalue weighted by atomic mass is 16.6. The molecule has 0 atom stereocenters. The van der Waals surface area contributed by atoms with E-state index in [1.807, 2.05) is 0 Å². The summed E-state index contributed by atoms with van der Waals surface area (Å²) in [5.41, 5.74) is 1.33. The highest BCUT2D eigenvalue weighted by Gasteiger charge is 2.13. The Labute approximate surface area is 73.3 Å². The quantitative estimate of drug-likeness (QED) is 0.609. The summed E-state index contributed by atoms with van der Waals surface area (Å²) in [5, 5.41) is 7.20. The molecule has 0 saturated heterocycles. The second kappa shape index (κ2) is 2.85. The highest BCUT2D eigenvalue weighted by molar-refractivity contribution is 6.01. The van der Waals surface area contributed by atoms with Crippen LogP contribution in [0.4, 0.5) is 0 Å². The van der Waals surface area contributed by atoms with Gasteiger partial charge in [0, 0.05) is 0 Å². The average Bonchev–Trinajstić information content (AvgIpc) is 2.63. The van der Waals surface area contributed by atoms with Crippen molar-refractivity contribution in [1.82, 2.24) is 10.3 Å². The molecule has 0 unspecified atom stereocenters. The molecule has 0 radical (unpaired) electrons. The number of methoxy groups -OCH3 is 1. The molecular formula is C8H6N2O3. The van der Waals surface area contributed by atoms with Crippen molar-refractivity contribution in [3.05, 3.63) is 23.8 Å². The van der Waals surface area contributed by atoms with Crippen LogP contribution in [0.25, 0.3) is 11.0 Å². The fourth-order valence-electron chi connectivity index (χ4n) is 1.08.